The summed E-state index contributed by atoms with van der Waals surface area (Å²) in [5.74, 6) is -2.88. The maximum absolute atomic E-state index is 12.6. The van der Waals surface area contributed by atoms with E-state index in [1.807, 2.05) is 32.0 Å². The van der Waals surface area contributed by atoms with E-state index >= 15 is 0 Å². The number of anilines is 1. The van der Waals surface area contributed by atoms with Gasteiger partial charge in [0, 0.05) is 5.69 Å². The van der Waals surface area contributed by atoms with E-state index in [0.29, 0.717) is 0 Å². The molecule has 2 aromatic rings. The molecule has 0 unspecified atom stereocenters. The highest BCUT2D eigenvalue weighted by Gasteiger charge is 2.31. The molecule has 0 aromatic heterocycles. The predicted octanol–water partition coefficient (Wildman–Crippen LogP) is 4.47. The quantitative estimate of drug-likeness (QED) is 0.725. The topological polar surface area (TPSA) is 75.6 Å². The minimum absolute atomic E-state index is 0.232. The van der Waals surface area contributed by atoms with Crippen molar-refractivity contribution in [3.8, 4) is 5.75 Å². The average Bonchev–Trinajstić information content (AvgIpc) is 2.53. The largest absolute Gasteiger partial charge is 0.573 e. The number of rotatable bonds is 7. The number of aryl methyl sites for hydroxylation is 2. The van der Waals surface area contributed by atoms with E-state index in [1.165, 1.54) is 12.1 Å². The first-order chi connectivity index (χ1) is 13.0. The first-order valence-electron chi connectivity index (χ1n) is 8.47. The Kier molecular flexibility index (Phi) is 6.66. The molecule has 0 bridgehead atoms. The number of amides is 1. The van der Waals surface area contributed by atoms with Crippen LogP contribution in [0.4, 0.5) is 18.9 Å². The SMILES string of the molecule is Cc1cc(C)cc(C[C@@H](CC(=O)O)C(=O)Nc2ccc(OC(F)(F)F)cc2)c1. The zero-order valence-electron chi connectivity index (χ0n) is 15.3. The summed E-state index contributed by atoms with van der Waals surface area (Å²) in [5.41, 5.74) is 3.10. The smallest absolute Gasteiger partial charge is 0.481 e. The van der Waals surface area contributed by atoms with Gasteiger partial charge in [0.1, 0.15) is 5.75 Å². The van der Waals surface area contributed by atoms with Gasteiger partial charge in [0.25, 0.3) is 0 Å². The van der Waals surface area contributed by atoms with E-state index in [2.05, 4.69) is 10.1 Å². The molecule has 0 saturated carbocycles. The van der Waals surface area contributed by atoms with Gasteiger partial charge in [-0.2, -0.15) is 0 Å². The van der Waals surface area contributed by atoms with Crippen molar-refractivity contribution in [2.24, 2.45) is 5.92 Å². The molecule has 2 N–H and O–H groups in total. The Morgan fingerprint density at radius 3 is 2.14 bits per heavy atom. The Morgan fingerprint density at radius 1 is 1.07 bits per heavy atom. The van der Waals surface area contributed by atoms with Crippen molar-refractivity contribution in [3.63, 3.8) is 0 Å². The highest BCUT2D eigenvalue weighted by atomic mass is 19.4. The van der Waals surface area contributed by atoms with Crippen molar-refractivity contribution in [2.45, 2.75) is 33.1 Å². The fraction of sp³-hybridized carbons (Fsp3) is 0.300. The molecule has 0 spiro atoms. The van der Waals surface area contributed by atoms with Gasteiger partial charge in [-0.05, 0) is 50.1 Å². The first kappa shape index (κ1) is 21.3. The fourth-order valence-corrected chi connectivity index (χ4v) is 2.92. The maximum Gasteiger partial charge on any atom is 0.573 e. The zero-order valence-corrected chi connectivity index (χ0v) is 15.3. The highest BCUT2D eigenvalue weighted by Crippen LogP contribution is 2.24. The number of hydrogen-bond donors (Lipinski definition) is 2. The third kappa shape index (κ3) is 6.94. The van der Waals surface area contributed by atoms with E-state index in [1.54, 1.807) is 0 Å². The van der Waals surface area contributed by atoms with Crippen LogP contribution >= 0.6 is 0 Å². The van der Waals surface area contributed by atoms with Crippen LogP contribution in [-0.2, 0) is 16.0 Å². The number of nitrogens with one attached hydrogen (secondary N) is 1. The molecular weight excluding hydrogens is 375 g/mol. The molecule has 1 amide bonds. The molecule has 150 valence electrons. The summed E-state index contributed by atoms with van der Waals surface area (Å²) in [7, 11) is 0. The number of alkyl halides is 3. The Hall–Kier alpha value is -3.03. The van der Waals surface area contributed by atoms with Crippen molar-refractivity contribution in [1.29, 1.82) is 0 Å². The van der Waals surface area contributed by atoms with Gasteiger partial charge in [0.15, 0.2) is 0 Å². The van der Waals surface area contributed by atoms with Gasteiger partial charge < -0.3 is 15.2 Å². The summed E-state index contributed by atoms with van der Waals surface area (Å²) in [6.07, 6.45) is -4.94. The number of benzene rings is 2. The second-order valence-corrected chi connectivity index (χ2v) is 6.56. The summed E-state index contributed by atoms with van der Waals surface area (Å²) in [6.45, 7) is 3.82. The van der Waals surface area contributed by atoms with Gasteiger partial charge in [-0.15, -0.1) is 13.2 Å². The lowest BCUT2D eigenvalue weighted by Gasteiger charge is -2.16. The van der Waals surface area contributed by atoms with Gasteiger partial charge in [-0.25, -0.2) is 0 Å². The summed E-state index contributed by atoms with van der Waals surface area (Å²) >= 11 is 0. The second kappa shape index (κ2) is 8.77. The van der Waals surface area contributed by atoms with E-state index in [4.69, 9.17) is 5.11 Å². The van der Waals surface area contributed by atoms with Gasteiger partial charge in [-0.3, -0.25) is 9.59 Å². The standard InChI is InChI=1S/C20H20F3NO4/c1-12-7-13(2)9-14(8-12)10-15(11-18(25)26)19(27)24-16-3-5-17(6-4-16)28-20(21,22)23/h3-9,15H,10-11H2,1-2H3,(H,24,27)(H,25,26)/t15-/m0/s1. The summed E-state index contributed by atoms with van der Waals surface area (Å²) < 4.78 is 40.4. The molecule has 0 aliphatic rings. The minimum atomic E-state index is -4.80. The third-order valence-electron chi connectivity index (χ3n) is 3.91. The monoisotopic (exact) mass is 395 g/mol. The number of carboxylic acids is 1. The lowest BCUT2D eigenvalue weighted by atomic mass is 9.93. The van der Waals surface area contributed by atoms with Crippen molar-refractivity contribution >= 4 is 17.6 Å². The number of carbonyl (C=O) groups excluding carboxylic acids is 1. The summed E-state index contributed by atoms with van der Waals surface area (Å²) in [6, 6.07) is 10.4. The van der Waals surface area contributed by atoms with Gasteiger partial charge >= 0.3 is 12.3 Å². The Balaban J connectivity index is 2.11. The van der Waals surface area contributed by atoms with E-state index < -0.39 is 29.9 Å². The van der Waals surface area contributed by atoms with Crippen molar-refractivity contribution in [1.82, 2.24) is 0 Å². The number of halogens is 3. The Bertz CT molecular complexity index is 827. The minimum Gasteiger partial charge on any atom is -0.481 e. The van der Waals surface area contributed by atoms with Gasteiger partial charge in [0.2, 0.25) is 5.91 Å². The lowest BCUT2D eigenvalue weighted by Crippen LogP contribution is -2.27. The Labute approximate surface area is 160 Å². The molecule has 0 fully saturated rings. The lowest BCUT2D eigenvalue weighted by molar-refractivity contribution is -0.274. The summed E-state index contributed by atoms with van der Waals surface area (Å²) in [4.78, 5) is 23.7. The van der Waals surface area contributed by atoms with Crippen LogP contribution in [0, 0.1) is 19.8 Å². The maximum atomic E-state index is 12.6. The Morgan fingerprint density at radius 2 is 1.64 bits per heavy atom. The van der Waals surface area contributed by atoms with Crippen molar-refractivity contribution in [3.05, 3.63) is 59.2 Å². The molecule has 0 radical (unpaired) electrons. The van der Waals surface area contributed by atoms with E-state index in [9.17, 15) is 22.8 Å². The van der Waals surface area contributed by atoms with E-state index in [-0.39, 0.29) is 18.5 Å². The average molecular weight is 395 g/mol. The molecule has 5 nitrogen and oxygen atoms in total. The van der Waals surface area contributed by atoms with Crippen LogP contribution < -0.4 is 10.1 Å². The summed E-state index contributed by atoms with van der Waals surface area (Å²) in [5, 5.41) is 11.7. The predicted molar refractivity (Wildman–Crippen MR) is 97.1 cm³/mol. The number of carbonyl (C=O) groups is 2. The van der Waals surface area contributed by atoms with Crippen LogP contribution in [-0.4, -0.2) is 23.3 Å². The van der Waals surface area contributed by atoms with Crippen LogP contribution in [0.3, 0.4) is 0 Å². The number of aliphatic carboxylic acids is 1. The normalized spacial score (nSPS) is 12.3. The van der Waals surface area contributed by atoms with Gasteiger partial charge in [0.05, 0.1) is 12.3 Å². The van der Waals surface area contributed by atoms with E-state index in [0.717, 1.165) is 28.8 Å². The van der Waals surface area contributed by atoms with Crippen LogP contribution in [0.2, 0.25) is 0 Å². The number of carboxylic acid groups (broad SMARTS) is 1. The molecule has 1 atom stereocenters. The molecule has 2 aromatic carbocycles. The molecule has 28 heavy (non-hydrogen) atoms. The molecule has 2 rings (SSSR count). The molecule has 0 heterocycles. The number of ether oxygens (including phenoxy) is 1. The van der Waals surface area contributed by atoms with Crippen LogP contribution in [0.5, 0.6) is 5.75 Å². The van der Waals surface area contributed by atoms with Crippen molar-refractivity contribution < 1.29 is 32.6 Å². The molecule has 0 saturated heterocycles. The third-order valence-corrected chi connectivity index (χ3v) is 3.91. The van der Waals surface area contributed by atoms with Gasteiger partial charge in [-0.1, -0.05) is 29.3 Å². The molecule has 8 heteroatoms. The highest BCUT2D eigenvalue weighted by molar-refractivity contribution is 5.94. The molecular formula is C20H20F3NO4. The molecule has 0 aliphatic heterocycles. The number of hydrogen-bond acceptors (Lipinski definition) is 3. The zero-order chi connectivity index (χ0) is 20.9. The fourth-order valence-electron chi connectivity index (χ4n) is 2.92. The van der Waals surface area contributed by atoms with Crippen LogP contribution in [0.25, 0.3) is 0 Å². The second-order valence-electron chi connectivity index (χ2n) is 6.56. The van der Waals surface area contributed by atoms with Crippen LogP contribution in [0.15, 0.2) is 42.5 Å². The molecule has 0 aliphatic carbocycles. The van der Waals surface area contributed by atoms with Crippen LogP contribution in [0.1, 0.15) is 23.1 Å². The first-order valence-corrected chi connectivity index (χ1v) is 8.47. The van der Waals surface area contributed by atoms with Crippen molar-refractivity contribution in [2.75, 3.05) is 5.32 Å².